The number of amidine groups is 1. The molecule has 0 aliphatic carbocycles. The van der Waals surface area contributed by atoms with E-state index in [4.69, 9.17) is 10.9 Å². The van der Waals surface area contributed by atoms with Crippen LogP contribution in [0.5, 0.6) is 0 Å². The maximum Gasteiger partial charge on any atom is 0.188 e. The predicted octanol–water partition coefficient (Wildman–Crippen LogP) is 2.02. The van der Waals surface area contributed by atoms with Crippen molar-refractivity contribution in [2.75, 3.05) is 5.75 Å². The molecule has 94 valence electrons. The van der Waals surface area contributed by atoms with Crippen LogP contribution in [0.25, 0.3) is 0 Å². The number of rotatable bonds is 5. The van der Waals surface area contributed by atoms with E-state index < -0.39 is 0 Å². The van der Waals surface area contributed by atoms with E-state index in [1.165, 1.54) is 0 Å². The minimum absolute atomic E-state index is 0.0147. The molecule has 0 spiro atoms. The molecule has 0 aliphatic heterocycles. The van der Waals surface area contributed by atoms with Gasteiger partial charge < -0.3 is 10.9 Å². The molecule has 1 aromatic rings. The highest BCUT2D eigenvalue weighted by molar-refractivity contribution is 7.99. The molecular weight excluding hydrogens is 236 g/mol. The van der Waals surface area contributed by atoms with Gasteiger partial charge in [-0.1, -0.05) is 37.2 Å². The summed E-state index contributed by atoms with van der Waals surface area (Å²) in [5.41, 5.74) is 6.79. The molecule has 17 heavy (non-hydrogen) atoms. The molecule has 1 rings (SSSR count). The van der Waals surface area contributed by atoms with Crippen molar-refractivity contribution in [3.8, 4) is 0 Å². The number of aryl methyl sites for hydroxylation is 1. The van der Waals surface area contributed by atoms with Gasteiger partial charge in [0.05, 0.1) is 0 Å². The zero-order valence-corrected chi connectivity index (χ0v) is 11.2. The van der Waals surface area contributed by atoms with Gasteiger partial charge >= 0.3 is 0 Å². The Labute approximate surface area is 106 Å². The monoisotopic (exact) mass is 254 g/mol. The number of aromatic nitrogens is 2. The van der Waals surface area contributed by atoms with Gasteiger partial charge in [-0.25, -0.2) is 9.97 Å². The lowest BCUT2D eigenvalue weighted by molar-refractivity contribution is 0.318. The number of nitrogens with zero attached hydrogens (tertiary/aromatic N) is 3. The van der Waals surface area contributed by atoms with Crippen molar-refractivity contribution in [1.29, 1.82) is 0 Å². The van der Waals surface area contributed by atoms with E-state index in [1.807, 2.05) is 6.92 Å². The van der Waals surface area contributed by atoms with Crippen molar-refractivity contribution >= 4 is 17.6 Å². The number of oxime groups is 1. The topological polar surface area (TPSA) is 84.4 Å². The van der Waals surface area contributed by atoms with E-state index in [0.29, 0.717) is 16.8 Å². The summed E-state index contributed by atoms with van der Waals surface area (Å²) in [6.45, 7) is 6.21. The predicted molar refractivity (Wildman–Crippen MR) is 69.5 cm³/mol. The third kappa shape index (κ3) is 4.22. The largest absolute Gasteiger partial charge is 0.409 e. The van der Waals surface area contributed by atoms with Gasteiger partial charge in [0.15, 0.2) is 11.0 Å². The van der Waals surface area contributed by atoms with Crippen LogP contribution in [0.15, 0.2) is 16.4 Å². The van der Waals surface area contributed by atoms with Gasteiger partial charge in [0.25, 0.3) is 0 Å². The summed E-state index contributed by atoms with van der Waals surface area (Å²) in [6, 6.07) is 1.70. The minimum atomic E-state index is 0.0147. The number of hydrogen-bond donors (Lipinski definition) is 2. The summed E-state index contributed by atoms with van der Waals surface area (Å²) in [5, 5.41) is 12.2. The zero-order valence-electron chi connectivity index (χ0n) is 10.3. The standard InChI is InChI=1S/C11H18N4OS/c1-4-7(2)6-17-11-13-8(3)5-9(14-11)10(12)15-16/h5,7,16H,4,6H2,1-3H3,(H2,12,15). The lowest BCUT2D eigenvalue weighted by Crippen LogP contribution is -2.16. The Morgan fingerprint density at radius 1 is 1.59 bits per heavy atom. The molecule has 1 unspecified atom stereocenters. The van der Waals surface area contributed by atoms with Gasteiger partial charge in [0.2, 0.25) is 0 Å². The molecule has 3 N–H and O–H groups in total. The first-order valence-electron chi connectivity index (χ1n) is 5.53. The molecule has 0 saturated heterocycles. The third-order valence-corrected chi connectivity index (χ3v) is 3.57. The fourth-order valence-corrected chi connectivity index (χ4v) is 2.16. The quantitative estimate of drug-likeness (QED) is 0.210. The van der Waals surface area contributed by atoms with Crippen molar-refractivity contribution in [2.45, 2.75) is 32.3 Å². The maximum absolute atomic E-state index is 8.62. The molecule has 0 bridgehead atoms. The molecule has 0 aromatic carbocycles. The molecule has 1 heterocycles. The number of thioether (sulfide) groups is 1. The Hall–Kier alpha value is -1.30. The Balaban J connectivity index is 2.83. The van der Waals surface area contributed by atoms with Gasteiger partial charge in [-0.3, -0.25) is 0 Å². The number of hydrogen-bond acceptors (Lipinski definition) is 5. The third-order valence-electron chi connectivity index (χ3n) is 2.40. The molecule has 5 nitrogen and oxygen atoms in total. The fourth-order valence-electron chi connectivity index (χ4n) is 1.12. The minimum Gasteiger partial charge on any atom is -0.409 e. The summed E-state index contributed by atoms with van der Waals surface area (Å²) >= 11 is 1.59. The van der Waals surface area contributed by atoms with Crippen LogP contribution >= 0.6 is 11.8 Å². The Bertz CT molecular complexity index is 408. The smallest absolute Gasteiger partial charge is 0.188 e. The second-order valence-corrected chi connectivity index (χ2v) is 4.97. The summed E-state index contributed by atoms with van der Waals surface area (Å²) in [5.74, 6) is 1.60. The van der Waals surface area contributed by atoms with Gasteiger partial charge in [-0.05, 0) is 18.9 Å². The summed E-state index contributed by atoms with van der Waals surface area (Å²) in [7, 11) is 0. The van der Waals surface area contributed by atoms with Gasteiger partial charge in [0, 0.05) is 11.4 Å². The Morgan fingerprint density at radius 2 is 2.29 bits per heavy atom. The highest BCUT2D eigenvalue weighted by atomic mass is 32.2. The van der Waals surface area contributed by atoms with Crippen molar-refractivity contribution in [1.82, 2.24) is 9.97 Å². The van der Waals surface area contributed by atoms with Crippen LogP contribution in [-0.4, -0.2) is 26.8 Å². The van der Waals surface area contributed by atoms with Crippen LogP contribution in [0.1, 0.15) is 31.7 Å². The van der Waals surface area contributed by atoms with E-state index in [9.17, 15) is 0 Å². The van der Waals surface area contributed by atoms with E-state index in [0.717, 1.165) is 17.9 Å². The SMILES string of the molecule is CCC(C)CSc1nc(C)cc(/C(N)=N/O)n1. The van der Waals surface area contributed by atoms with Crippen molar-refractivity contribution in [3.05, 3.63) is 17.5 Å². The lowest BCUT2D eigenvalue weighted by atomic mass is 10.2. The molecule has 0 amide bonds. The second-order valence-electron chi connectivity index (χ2n) is 3.99. The zero-order chi connectivity index (χ0) is 12.8. The molecule has 1 aromatic heterocycles. The molecule has 0 radical (unpaired) electrons. The molecular formula is C11H18N4OS. The summed E-state index contributed by atoms with van der Waals surface area (Å²) in [4.78, 5) is 8.56. The van der Waals surface area contributed by atoms with Crippen LogP contribution in [-0.2, 0) is 0 Å². The normalized spacial score (nSPS) is 13.7. The van der Waals surface area contributed by atoms with E-state index in [2.05, 4.69) is 29.0 Å². The van der Waals surface area contributed by atoms with Crippen LogP contribution in [0, 0.1) is 12.8 Å². The highest BCUT2D eigenvalue weighted by Gasteiger charge is 2.08. The number of nitrogens with two attached hydrogens (primary N) is 1. The Kier molecular flexibility index (Phi) is 5.21. The first-order chi connectivity index (χ1) is 8.06. The highest BCUT2D eigenvalue weighted by Crippen LogP contribution is 2.19. The summed E-state index contributed by atoms with van der Waals surface area (Å²) < 4.78 is 0. The first kappa shape index (κ1) is 13.8. The van der Waals surface area contributed by atoms with E-state index >= 15 is 0 Å². The van der Waals surface area contributed by atoms with Gasteiger partial charge in [-0.2, -0.15) is 0 Å². The maximum atomic E-state index is 8.62. The van der Waals surface area contributed by atoms with Crippen molar-refractivity contribution < 1.29 is 5.21 Å². The van der Waals surface area contributed by atoms with Crippen LogP contribution in [0.4, 0.5) is 0 Å². The fraction of sp³-hybridized carbons (Fsp3) is 0.545. The van der Waals surface area contributed by atoms with Crippen LogP contribution < -0.4 is 5.73 Å². The van der Waals surface area contributed by atoms with Gasteiger partial charge in [-0.15, -0.1) is 0 Å². The lowest BCUT2D eigenvalue weighted by Gasteiger charge is -2.08. The first-order valence-corrected chi connectivity index (χ1v) is 6.51. The van der Waals surface area contributed by atoms with E-state index in [1.54, 1.807) is 17.8 Å². The summed E-state index contributed by atoms with van der Waals surface area (Å²) in [6.07, 6.45) is 1.13. The van der Waals surface area contributed by atoms with Crippen LogP contribution in [0.2, 0.25) is 0 Å². The average Bonchev–Trinajstić information content (AvgIpc) is 2.34. The van der Waals surface area contributed by atoms with Crippen molar-refractivity contribution in [3.63, 3.8) is 0 Å². The molecule has 0 saturated carbocycles. The van der Waals surface area contributed by atoms with Crippen molar-refractivity contribution in [2.24, 2.45) is 16.8 Å². The molecule has 0 aliphatic rings. The average molecular weight is 254 g/mol. The van der Waals surface area contributed by atoms with E-state index in [-0.39, 0.29) is 5.84 Å². The molecule has 0 fully saturated rings. The second kappa shape index (κ2) is 6.44. The van der Waals surface area contributed by atoms with Crippen LogP contribution in [0.3, 0.4) is 0 Å². The van der Waals surface area contributed by atoms with Gasteiger partial charge in [0.1, 0.15) is 5.69 Å². The Morgan fingerprint density at radius 3 is 2.88 bits per heavy atom. The molecule has 6 heteroatoms. The molecule has 1 atom stereocenters.